The highest BCUT2D eigenvalue weighted by atomic mass is 32.2. The summed E-state index contributed by atoms with van der Waals surface area (Å²) in [6, 6.07) is 5.06. The molecule has 1 heterocycles. The Kier molecular flexibility index (Phi) is 3.31. The number of hydrogen-bond donors (Lipinski definition) is 2. The lowest BCUT2D eigenvalue weighted by Crippen LogP contribution is -1.88. The van der Waals surface area contributed by atoms with Gasteiger partial charge in [0.15, 0.2) is 4.34 Å². The number of nitrogens with two attached hydrogens (primary N) is 1. The van der Waals surface area contributed by atoms with E-state index in [1.165, 1.54) is 11.5 Å². The van der Waals surface area contributed by atoms with Gasteiger partial charge in [-0.15, -0.1) is 0 Å². The molecule has 84 valence electrons. The number of anilines is 1. The first-order valence-corrected chi connectivity index (χ1v) is 6.41. The van der Waals surface area contributed by atoms with Gasteiger partial charge in [0.1, 0.15) is 11.6 Å². The van der Waals surface area contributed by atoms with Crippen LogP contribution < -0.4 is 5.73 Å². The van der Waals surface area contributed by atoms with Gasteiger partial charge in [-0.05, 0) is 36.7 Å². The van der Waals surface area contributed by atoms with Gasteiger partial charge in [-0.25, -0.2) is 4.98 Å². The van der Waals surface area contributed by atoms with E-state index in [4.69, 9.17) is 5.73 Å². The number of nitrogen functional groups attached to an aromatic ring is 1. The highest BCUT2D eigenvalue weighted by molar-refractivity contribution is 8.00. The molecule has 0 aliphatic heterocycles. The minimum atomic E-state index is 0.267. The van der Waals surface area contributed by atoms with Crippen LogP contribution in [-0.2, 0) is 5.75 Å². The molecular weight excluding hydrogens is 242 g/mol. The van der Waals surface area contributed by atoms with Gasteiger partial charge in [-0.1, -0.05) is 11.8 Å². The molecule has 2 rings (SSSR count). The molecule has 0 radical (unpaired) electrons. The molecule has 3 N–H and O–H groups in total. The lowest BCUT2D eigenvalue weighted by atomic mass is 10.2. The molecule has 0 atom stereocenters. The van der Waals surface area contributed by atoms with Crippen molar-refractivity contribution in [1.82, 2.24) is 9.36 Å². The predicted octanol–water partition coefficient (Wildman–Crippen LogP) is 2.43. The molecule has 0 aliphatic carbocycles. The summed E-state index contributed by atoms with van der Waals surface area (Å²) in [5.41, 5.74) is 7.13. The Morgan fingerprint density at radius 2 is 2.31 bits per heavy atom. The van der Waals surface area contributed by atoms with Gasteiger partial charge < -0.3 is 10.8 Å². The van der Waals surface area contributed by atoms with Crippen LogP contribution in [0.2, 0.25) is 0 Å². The zero-order valence-corrected chi connectivity index (χ0v) is 10.3. The van der Waals surface area contributed by atoms with E-state index in [0.29, 0.717) is 11.4 Å². The monoisotopic (exact) mass is 253 g/mol. The van der Waals surface area contributed by atoms with Crippen molar-refractivity contribution >= 4 is 29.0 Å². The van der Waals surface area contributed by atoms with Crippen molar-refractivity contribution in [2.75, 3.05) is 5.73 Å². The summed E-state index contributed by atoms with van der Waals surface area (Å²) in [6.45, 7) is 1.86. The van der Waals surface area contributed by atoms with Crippen LogP contribution in [0.5, 0.6) is 5.75 Å². The molecule has 0 fully saturated rings. The number of aromatic hydroxyl groups is 1. The van der Waals surface area contributed by atoms with Crippen molar-refractivity contribution in [1.29, 1.82) is 0 Å². The van der Waals surface area contributed by atoms with Crippen molar-refractivity contribution in [2.24, 2.45) is 0 Å². The minimum absolute atomic E-state index is 0.267. The maximum atomic E-state index is 9.62. The first kappa shape index (κ1) is 11.2. The number of benzene rings is 1. The summed E-state index contributed by atoms with van der Waals surface area (Å²) < 4.78 is 4.99. The fourth-order valence-electron chi connectivity index (χ4n) is 1.20. The Bertz CT molecular complexity index is 499. The zero-order chi connectivity index (χ0) is 11.5. The topological polar surface area (TPSA) is 72.0 Å². The SMILES string of the molecule is Cc1nsc(SCc2cc(N)ccc2O)n1. The van der Waals surface area contributed by atoms with Crippen molar-refractivity contribution in [3.63, 3.8) is 0 Å². The Hall–Kier alpha value is -1.27. The van der Waals surface area contributed by atoms with Crippen LogP contribution in [-0.4, -0.2) is 14.5 Å². The summed E-state index contributed by atoms with van der Waals surface area (Å²) >= 11 is 2.91. The van der Waals surface area contributed by atoms with E-state index in [1.807, 2.05) is 6.92 Å². The van der Waals surface area contributed by atoms with E-state index in [1.54, 1.807) is 30.0 Å². The highest BCUT2D eigenvalue weighted by Gasteiger charge is 2.05. The Morgan fingerprint density at radius 3 is 3.00 bits per heavy atom. The molecule has 4 nitrogen and oxygen atoms in total. The molecular formula is C10H11N3OS2. The molecule has 16 heavy (non-hydrogen) atoms. The van der Waals surface area contributed by atoms with Gasteiger partial charge in [-0.2, -0.15) is 4.37 Å². The molecule has 2 aromatic rings. The van der Waals surface area contributed by atoms with Gasteiger partial charge in [0.05, 0.1) is 0 Å². The van der Waals surface area contributed by atoms with Gasteiger partial charge >= 0.3 is 0 Å². The third kappa shape index (κ3) is 2.65. The number of aromatic nitrogens is 2. The molecule has 0 saturated heterocycles. The first-order chi connectivity index (χ1) is 7.65. The molecule has 0 spiro atoms. The zero-order valence-electron chi connectivity index (χ0n) is 8.67. The standard InChI is InChI=1S/C10H11N3OS2/c1-6-12-10(16-13-6)15-5-7-4-8(11)2-3-9(7)14/h2-4,14H,5,11H2,1H3. The Morgan fingerprint density at radius 1 is 1.50 bits per heavy atom. The van der Waals surface area contributed by atoms with Crippen LogP contribution >= 0.6 is 23.3 Å². The largest absolute Gasteiger partial charge is 0.508 e. The predicted molar refractivity (Wildman–Crippen MR) is 66.7 cm³/mol. The molecule has 0 aliphatic rings. The molecule has 0 unspecified atom stereocenters. The van der Waals surface area contributed by atoms with Crippen LogP contribution in [0.15, 0.2) is 22.5 Å². The van der Waals surface area contributed by atoms with Gasteiger partial charge in [0.2, 0.25) is 0 Å². The summed E-state index contributed by atoms with van der Waals surface area (Å²) in [5, 5.41) is 9.62. The second-order valence-corrected chi connectivity index (χ2v) is 5.26. The van der Waals surface area contributed by atoms with E-state index >= 15 is 0 Å². The molecule has 6 heteroatoms. The second-order valence-electron chi connectivity index (χ2n) is 3.28. The van der Waals surface area contributed by atoms with Crippen molar-refractivity contribution in [2.45, 2.75) is 17.0 Å². The Balaban J connectivity index is 2.07. The average molecular weight is 253 g/mol. The number of nitrogens with zero attached hydrogens (tertiary/aromatic N) is 2. The smallest absolute Gasteiger partial charge is 0.170 e. The second kappa shape index (κ2) is 4.71. The summed E-state index contributed by atoms with van der Waals surface area (Å²) in [6.07, 6.45) is 0. The summed E-state index contributed by atoms with van der Waals surface area (Å²) in [5.74, 6) is 1.69. The third-order valence-corrected chi connectivity index (χ3v) is 3.94. The lowest BCUT2D eigenvalue weighted by molar-refractivity contribution is 0.471. The van der Waals surface area contributed by atoms with Crippen LogP contribution in [0.25, 0.3) is 0 Å². The fourth-order valence-corrected chi connectivity index (χ4v) is 2.83. The van der Waals surface area contributed by atoms with Crippen LogP contribution in [0, 0.1) is 6.92 Å². The molecule has 0 bridgehead atoms. The third-order valence-electron chi connectivity index (χ3n) is 1.96. The van der Waals surface area contributed by atoms with E-state index in [9.17, 15) is 5.11 Å². The Labute approximate surface area is 102 Å². The van der Waals surface area contributed by atoms with Crippen LogP contribution in [0.3, 0.4) is 0 Å². The molecule has 1 aromatic heterocycles. The number of thioether (sulfide) groups is 1. The summed E-state index contributed by atoms with van der Waals surface area (Å²) in [4.78, 5) is 4.24. The van der Waals surface area contributed by atoms with Crippen molar-refractivity contribution < 1.29 is 5.11 Å². The molecule has 0 amide bonds. The van der Waals surface area contributed by atoms with Gasteiger partial charge in [0, 0.05) is 17.0 Å². The maximum absolute atomic E-state index is 9.62. The van der Waals surface area contributed by atoms with E-state index in [-0.39, 0.29) is 5.75 Å². The average Bonchev–Trinajstić information content (AvgIpc) is 2.66. The number of phenols is 1. The quantitative estimate of drug-likeness (QED) is 0.499. The van der Waals surface area contributed by atoms with Gasteiger partial charge in [-0.3, -0.25) is 0 Å². The number of hydrogen-bond acceptors (Lipinski definition) is 6. The molecule has 0 saturated carbocycles. The number of phenolic OH excluding ortho intramolecular Hbond substituents is 1. The number of rotatable bonds is 3. The van der Waals surface area contributed by atoms with E-state index < -0.39 is 0 Å². The summed E-state index contributed by atoms with van der Waals surface area (Å²) in [7, 11) is 0. The first-order valence-electron chi connectivity index (χ1n) is 4.65. The van der Waals surface area contributed by atoms with E-state index in [0.717, 1.165) is 15.7 Å². The van der Waals surface area contributed by atoms with Crippen LogP contribution in [0.4, 0.5) is 5.69 Å². The van der Waals surface area contributed by atoms with Crippen LogP contribution in [0.1, 0.15) is 11.4 Å². The van der Waals surface area contributed by atoms with Crippen molar-refractivity contribution in [3.05, 3.63) is 29.6 Å². The van der Waals surface area contributed by atoms with Gasteiger partial charge in [0.25, 0.3) is 0 Å². The highest BCUT2D eigenvalue weighted by Crippen LogP contribution is 2.29. The normalized spacial score (nSPS) is 10.6. The molecule has 1 aromatic carbocycles. The number of aryl methyl sites for hydroxylation is 1. The fraction of sp³-hybridized carbons (Fsp3) is 0.200. The maximum Gasteiger partial charge on any atom is 0.170 e. The van der Waals surface area contributed by atoms with E-state index in [2.05, 4.69) is 9.36 Å². The lowest BCUT2D eigenvalue weighted by Gasteiger charge is -2.03. The van der Waals surface area contributed by atoms with Crippen molar-refractivity contribution in [3.8, 4) is 5.75 Å². The minimum Gasteiger partial charge on any atom is -0.508 e.